The van der Waals surface area contributed by atoms with E-state index in [4.69, 9.17) is 9.72 Å². The smallest absolute Gasteiger partial charge is 0.206 e. The van der Waals surface area contributed by atoms with Gasteiger partial charge in [0.1, 0.15) is 0 Å². The number of sulfone groups is 1. The van der Waals surface area contributed by atoms with Crippen molar-refractivity contribution in [3.05, 3.63) is 150 Å². The van der Waals surface area contributed by atoms with Gasteiger partial charge in [-0.25, -0.2) is 13.4 Å². The number of pyridine rings is 1. The van der Waals surface area contributed by atoms with E-state index in [2.05, 4.69) is 54.3 Å². The summed E-state index contributed by atoms with van der Waals surface area (Å²) in [6, 6.07) is 39.9. The van der Waals surface area contributed by atoms with Crippen LogP contribution in [0.15, 0.2) is 149 Å². The highest BCUT2D eigenvalue weighted by molar-refractivity contribution is 7.95. The Kier molecular flexibility index (Phi) is 6.80. The molecule has 224 valence electrons. The molecule has 0 saturated heterocycles. The first-order valence-electron chi connectivity index (χ1n) is 15.4. The van der Waals surface area contributed by atoms with E-state index < -0.39 is 9.84 Å². The SMILES string of the molecule is Cc1ccc(N2c3ccccc3Oc3ccccc32)c2nc(-c3ccc(S(=O)(=O)C4=CCCC=C4)cc3)cc(-c3ccccc3)c12. The van der Waals surface area contributed by atoms with Gasteiger partial charge >= 0.3 is 0 Å². The Bertz CT molecular complexity index is 2260. The van der Waals surface area contributed by atoms with Gasteiger partial charge in [-0.1, -0.05) is 84.9 Å². The predicted octanol–water partition coefficient (Wildman–Crippen LogP) is 10.5. The van der Waals surface area contributed by atoms with Crippen LogP contribution in [0.1, 0.15) is 18.4 Å². The first-order valence-corrected chi connectivity index (χ1v) is 16.9. The highest BCUT2D eigenvalue weighted by Crippen LogP contribution is 2.52. The largest absolute Gasteiger partial charge is 0.453 e. The molecule has 1 aromatic heterocycles. The highest BCUT2D eigenvalue weighted by atomic mass is 32.2. The molecular formula is C40H30N2O3S. The third-order valence-corrected chi connectivity index (χ3v) is 10.5. The van der Waals surface area contributed by atoms with Gasteiger partial charge in [0.2, 0.25) is 9.84 Å². The fraction of sp³-hybridized carbons (Fsp3) is 0.0750. The summed E-state index contributed by atoms with van der Waals surface area (Å²) < 4.78 is 33.0. The maximum atomic E-state index is 13.4. The molecule has 0 spiro atoms. The maximum absolute atomic E-state index is 13.4. The molecule has 2 heterocycles. The first kappa shape index (κ1) is 28.0. The number of benzene rings is 5. The molecule has 0 radical (unpaired) electrons. The molecule has 0 saturated carbocycles. The topological polar surface area (TPSA) is 59.5 Å². The van der Waals surface area contributed by atoms with Crippen molar-refractivity contribution in [1.29, 1.82) is 0 Å². The number of fused-ring (bicyclic) bond motifs is 3. The van der Waals surface area contributed by atoms with Gasteiger partial charge < -0.3 is 9.64 Å². The molecule has 0 unspecified atom stereocenters. The summed E-state index contributed by atoms with van der Waals surface area (Å²) in [6.45, 7) is 2.12. The molecular weight excluding hydrogens is 589 g/mol. The minimum atomic E-state index is -3.60. The third kappa shape index (κ3) is 4.70. The van der Waals surface area contributed by atoms with Gasteiger partial charge in [-0.2, -0.15) is 0 Å². The lowest BCUT2D eigenvalue weighted by atomic mass is 9.94. The van der Waals surface area contributed by atoms with Gasteiger partial charge in [-0.3, -0.25) is 0 Å². The molecule has 0 N–H and O–H groups in total. The van der Waals surface area contributed by atoms with E-state index in [1.54, 1.807) is 24.3 Å². The fourth-order valence-corrected chi connectivity index (χ4v) is 7.74. The molecule has 46 heavy (non-hydrogen) atoms. The summed E-state index contributed by atoms with van der Waals surface area (Å²) in [4.78, 5) is 8.19. The zero-order chi connectivity index (χ0) is 31.3. The zero-order valence-corrected chi connectivity index (χ0v) is 26.0. The second-order valence-electron chi connectivity index (χ2n) is 11.5. The standard InChI is InChI=1S/C40H30N2O3S/c1-27-20-25-36(42-34-16-8-10-18-37(34)45-38-19-11-9-17-35(38)42)40-39(27)32(28-12-4-2-5-13-28)26-33(41-40)29-21-23-31(24-22-29)46(43,44)30-14-6-3-7-15-30/h2,4-6,8-26H,3,7H2,1H3. The molecule has 8 rings (SSSR count). The van der Waals surface area contributed by atoms with Crippen molar-refractivity contribution in [2.45, 2.75) is 24.7 Å². The number of nitrogens with zero attached hydrogens (tertiary/aromatic N) is 2. The fourth-order valence-electron chi connectivity index (χ4n) is 6.36. The number of para-hydroxylation sites is 4. The Labute approximate surface area is 268 Å². The van der Waals surface area contributed by atoms with Crippen molar-refractivity contribution < 1.29 is 13.2 Å². The summed E-state index contributed by atoms with van der Waals surface area (Å²) >= 11 is 0. The number of ether oxygens (including phenoxy) is 1. The number of rotatable bonds is 5. The predicted molar refractivity (Wildman–Crippen MR) is 186 cm³/mol. The van der Waals surface area contributed by atoms with Crippen LogP contribution in [0.4, 0.5) is 17.1 Å². The van der Waals surface area contributed by atoms with Gasteiger partial charge in [0.05, 0.1) is 38.1 Å². The van der Waals surface area contributed by atoms with Crippen LogP contribution >= 0.6 is 0 Å². The average molecular weight is 619 g/mol. The monoisotopic (exact) mass is 618 g/mol. The molecule has 2 aliphatic rings. The lowest BCUT2D eigenvalue weighted by Crippen LogP contribution is -2.16. The Morgan fingerprint density at radius 3 is 2.04 bits per heavy atom. The van der Waals surface area contributed by atoms with Crippen molar-refractivity contribution in [1.82, 2.24) is 4.98 Å². The summed E-state index contributed by atoms with van der Waals surface area (Å²) in [6.07, 6.45) is 7.00. The molecule has 1 aliphatic carbocycles. The Morgan fingerprint density at radius 2 is 1.37 bits per heavy atom. The van der Waals surface area contributed by atoms with Gasteiger partial charge in [0.25, 0.3) is 0 Å². The van der Waals surface area contributed by atoms with Gasteiger partial charge in [0, 0.05) is 10.9 Å². The van der Waals surface area contributed by atoms with E-state index in [1.807, 2.05) is 72.8 Å². The Morgan fingerprint density at radius 1 is 0.696 bits per heavy atom. The van der Waals surface area contributed by atoms with Crippen molar-refractivity contribution in [2.24, 2.45) is 0 Å². The summed E-state index contributed by atoms with van der Waals surface area (Å²) in [7, 11) is -3.60. The molecule has 0 amide bonds. The molecule has 1 aliphatic heterocycles. The molecule has 5 aromatic carbocycles. The van der Waals surface area contributed by atoms with Crippen LogP contribution in [0.5, 0.6) is 11.5 Å². The van der Waals surface area contributed by atoms with Crippen LogP contribution < -0.4 is 9.64 Å². The minimum absolute atomic E-state index is 0.274. The van der Waals surface area contributed by atoms with Crippen LogP contribution in [0.3, 0.4) is 0 Å². The number of anilines is 3. The van der Waals surface area contributed by atoms with E-state index in [9.17, 15) is 8.42 Å². The highest BCUT2D eigenvalue weighted by Gasteiger charge is 2.28. The molecule has 6 aromatic rings. The van der Waals surface area contributed by atoms with E-state index in [0.717, 1.165) is 80.3 Å². The third-order valence-electron chi connectivity index (χ3n) is 8.64. The van der Waals surface area contributed by atoms with Crippen LogP contribution in [-0.2, 0) is 9.84 Å². The first-order chi connectivity index (χ1) is 22.5. The van der Waals surface area contributed by atoms with Crippen molar-refractivity contribution in [3.63, 3.8) is 0 Å². The summed E-state index contributed by atoms with van der Waals surface area (Å²) in [5, 5.41) is 1.06. The van der Waals surface area contributed by atoms with Gasteiger partial charge in [-0.05, 0) is 91.1 Å². The molecule has 0 bridgehead atoms. The molecule has 0 fully saturated rings. The van der Waals surface area contributed by atoms with E-state index >= 15 is 0 Å². The van der Waals surface area contributed by atoms with Crippen LogP contribution in [0, 0.1) is 6.92 Å². The van der Waals surface area contributed by atoms with Crippen molar-refractivity contribution in [2.75, 3.05) is 4.90 Å². The Balaban J connectivity index is 1.36. The van der Waals surface area contributed by atoms with Crippen LogP contribution in [0.2, 0.25) is 0 Å². The quantitative estimate of drug-likeness (QED) is 0.192. The Hall–Kier alpha value is -5.46. The molecule has 5 nitrogen and oxygen atoms in total. The minimum Gasteiger partial charge on any atom is -0.453 e. The summed E-state index contributed by atoms with van der Waals surface area (Å²) in [5.74, 6) is 1.54. The molecule has 0 atom stereocenters. The lowest BCUT2D eigenvalue weighted by Gasteiger charge is -2.33. The summed E-state index contributed by atoms with van der Waals surface area (Å²) in [5.41, 5.74) is 8.48. The number of allylic oxidation sites excluding steroid dienone is 3. The van der Waals surface area contributed by atoms with Gasteiger partial charge in [0.15, 0.2) is 11.5 Å². The second kappa shape index (κ2) is 11.2. The average Bonchev–Trinajstić information content (AvgIpc) is 3.11. The number of hydrogen-bond acceptors (Lipinski definition) is 5. The van der Waals surface area contributed by atoms with Crippen molar-refractivity contribution in [3.8, 4) is 33.9 Å². The van der Waals surface area contributed by atoms with Crippen LogP contribution in [0.25, 0.3) is 33.3 Å². The number of aromatic nitrogens is 1. The van der Waals surface area contributed by atoms with E-state index in [-0.39, 0.29) is 4.90 Å². The van der Waals surface area contributed by atoms with Crippen LogP contribution in [-0.4, -0.2) is 13.4 Å². The van der Waals surface area contributed by atoms with E-state index in [1.165, 1.54) is 0 Å². The lowest BCUT2D eigenvalue weighted by molar-refractivity contribution is 0.477. The van der Waals surface area contributed by atoms with Crippen molar-refractivity contribution >= 4 is 37.8 Å². The molecule has 6 heteroatoms. The normalized spacial score (nSPS) is 13.9. The maximum Gasteiger partial charge on any atom is 0.206 e. The number of aryl methyl sites for hydroxylation is 1. The van der Waals surface area contributed by atoms with Gasteiger partial charge in [-0.15, -0.1) is 0 Å². The zero-order valence-electron chi connectivity index (χ0n) is 25.2. The second-order valence-corrected chi connectivity index (χ2v) is 13.5. The van der Waals surface area contributed by atoms with E-state index in [0.29, 0.717) is 4.91 Å². The number of hydrogen-bond donors (Lipinski definition) is 0.